The Morgan fingerprint density at radius 3 is 2.69 bits per heavy atom. The minimum absolute atomic E-state index is 0.141. The molecule has 1 atom stereocenters. The van der Waals surface area contributed by atoms with Crippen molar-refractivity contribution in [2.24, 2.45) is 5.84 Å². The maximum Gasteiger partial charge on any atom is 0.0888 e. The number of hydrazine groups is 1. The summed E-state index contributed by atoms with van der Waals surface area (Å²) in [7, 11) is 1.75. The van der Waals surface area contributed by atoms with Gasteiger partial charge in [0, 0.05) is 39.6 Å². The molecule has 1 fully saturated rings. The van der Waals surface area contributed by atoms with Crippen LogP contribution >= 0.6 is 0 Å². The van der Waals surface area contributed by atoms with E-state index in [1.165, 1.54) is 0 Å². The molecular weight excluding hydrogens is 204 g/mol. The summed E-state index contributed by atoms with van der Waals surface area (Å²) in [6.45, 7) is 3.34. The van der Waals surface area contributed by atoms with Gasteiger partial charge in [-0.15, -0.1) is 11.8 Å². The summed E-state index contributed by atoms with van der Waals surface area (Å²) in [6, 6.07) is 0.141. The fourth-order valence-corrected chi connectivity index (χ4v) is 2.25. The Kier molecular flexibility index (Phi) is 5.78. The largest absolute Gasteiger partial charge is 0.381 e. The lowest BCUT2D eigenvalue weighted by Gasteiger charge is -2.41. The quantitative estimate of drug-likeness (QED) is 0.414. The smallest absolute Gasteiger partial charge is 0.0888 e. The van der Waals surface area contributed by atoms with Crippen molar-refractivity contribution in [1.82, 2.24) is 5.43 Å². The fraction of sp³-hybridized carbons (Fsp3) is 0.833. The molecule has 0 aliphatic carbocycles. The highest BCUT2D eigenvalue weighted by molar-refractivity contribution is 4.99. The van der Waals surface area contributed by atoms with Gasteiger partial charge in [0.25, 0.3) is 0 Å². The Morgan fingerprint density at radius 2 is 2.19 bits per heavy atom. The van der Waals surface area contributed by atoms with E-state index in [-0.39, 0.29) is 11.6 Å². The number of hydrogen-bond donors (Lipinski definition) is 2. The molecule has 16 heavy (non-hydrogen) atoms. The lowest BCUT2D eigenvalue weighted by atomic mass is 9.84. The van der Waals surface area contributed by atoms with Gasteiger partial charge in [-0.2, -0.15) is 0 Å². The lowest BCUT2D eigenvalue weighted by Crippen LogP contribution is -2.56. The van der Waals surface area contributed by atoms with E-state index in [2.05, 4.69) is 17.3 Å². The molecule has 1 aliphatic rings. The molecule has 0 saturated carbocycles. The van der Waals surface area contributed by atoms with E-state index in [4.69, 9.17) is 15.3 Å². The van der Waals surface area contributed by atoms with E-state index >= 15 is 0 Å². The van der Waals surface area contributed by atoms with Crippen molar-refractivity contribution >= 4 is 0 Å². The van der Waals surface area contributed by atoms with Crippen LogP contribution in [-0.2, 0) is 9.47 Å². The first kappa shape index (κ1) is 13.5. The second-order valence-corrected chi connectivity index (χ2v) is 4.07. The standard InChI is InChI=1S/C12H22N2O2/c1-3-4-5-6-11(14-13)12(15-2)7-9-16-10-8-12/h11,14H,5-10,13H2,1-2H3. The minimum Gasteiger partial charge on any atom is -0.381 e. The van der Waals surface area contributed by atoms with Gasteiger partial charge in [0.15, 0.2) is 0 Å². The van der Waals surface area contributed by atoms with Gasteiger partial charge in [-0.3, -0.25) is 11.3 Å². The topological polar surface area (TPSA) is 56.5 Å². The van der Waals surface area contributed by atoms with Gasteiger partial charge < -0.3 is 9.47 Å². The molecule has 0 amide bonds. The van der Waals surface area contributed by atoms with Crippen molar-refractivity contribution in [2.45, 2.75) is 44.2 Å². The number of ether oxygens (including phenoxy) is 2. The van der Waals surface area contributed by atoms with Gasteiger partial charge in [0.1, 0.15) is 0 Å². The highest BCUT2D eigenvalue weighted by Gasteiger charge is 2.39. The van der Waals surface area contributed by atoms with Crippen molar-refractivity contribution < 1.29 is 9.47 Å². The highest BCUT2D eigenvalue weighted by Crippen LogP contribution is 2.30. The summed E-state index contributed by atoms with van der Waals surface area (Å²) in [5, 5.41) is 0. The van der Waals surface area contributed by atoms with E-state index in [0.29, 0.717) is 0 Å². The van der Waals surface area contributed by atoms with Crippen molar-refractivity contribution in [3.05, 3.63) is 0 Å². The Labute approximate surface area is 97.8 Å². The first-order valence-electron chi connectivity index (χ1n) is 5.77. The van der Waals surface area contributed by atoms with Crippen LogP contribution < -0.4 is 11.3 Å². The zero-order chi connectivity index (χ0) is 11.9. The van der Waals surface area contributed by atoms with Crippen molar-refractivity contribution in [2.75, 3.05) is 20.3 Å². The summed E-state index contributed by atoms with van der Waals surface area (Å²) in [4.78, 5) is 0. The third-order valence-corrected chi connectivity index (χ3v) is 3.32. The Bertz CT molecular complexity index is 251. The summed E-state index contributed by atoms with van der Waals surface area (Å²) in [5.41, 5.74) is 2.68. The molecule has 1 saturated heterocycles. The van der Waals surface area contributed by atoms with Crippen LogP contribution in [0.5, 0.6) is 0 Å². The van der Waals surface area contributed by atoms with Gasteiger partial charge in [-0.25, -0.2) is 0 Å². The Balaban J connectivity index is 2.60. The molecule has 4 heteroatoms. The fourth-order valence-electron chi connectivity index (χ4n) is 2.25. The van der Waals surface area contributed by atoms with Gasteiger partial charge in [0.05, 0.1) is 11.6 Å². The SMILES string of the molecule is CC#CCCC(NN)C1(OC)CCOCC1. The van der Waals surface area contributed by atoms with E-state index < -0.39 is 0 Å². The van der Waals surface area contributed by atoms with Crippen molar-refractivity contribution in [1.29, 1.82) is 0 Å². The predicted molar refractivity (Wildman–Crippen MR) is 63.6 cm³/mol. The summed E-state index contributed by atoms with van der Waals surface area (Å²) < 4.78 is 11.1. The van der Waals surface area contributed by atoms with E-state index in [1.54, 1.807) is 7.11 Å². The number of hydrogen-bond acceptors (Lipinski definition) is 4. The lowest BCUT2D eigenvalue weighted by molar-refractivity contribution is -0.111. The third-order valence-electron chi connectivity index (χ3n) is 3.32. The van der Waals surface area contributed by atoms with Crippen LogP contribution in [0.15, 0.2) is 0 Å². The van der Waals surface area contributed by atoms with Crippen LogP contribution in [0.4, 0.5) is 0 Å². The molecule has 0 bridgehead atoms. The van der Waals surface area contributed by atoms with Crippen molar-refractivity contribution in [3.63, 3.8) is 0 Å². The molecule has 4 nitrogen and oxygen atoms in total. The van der Waals surface area contributed by atoms with E-state index in [1.807, 2.05) is 6.92 Å². The number of nitrogens with two attached hydrogens (primary N) is 1. The van der Waals surface area contributed by atoms with Crippen LogP contribution in [0.1, 0.15) is 32.6 Å². The molecule has 0 aromatic heterocycles. The van der Waals surface area contributed by atoms with E-state index in [0.717, 1.165) is 38.9 Å². The number of nitrogens with one attached hydrogen (secondary N) is 1. The second kappa shape index (κ2) is 6.87. The number of rotatable bonds is 5. The van der Waals surface area contributed by atoms with Crippen LogP contribution in [0.2, 0.25) is 0 Å². The molecule has 1 heterocycles. The van der Waals surface area contributed by atoms with Gasteiger partial charge in [-0.1, -0.05) is 0 Å². The molecule has 92 valence electrons. The monoisotopic (exact) mass is 226 g/mol. The molecule has 1 unspecified atom stereocenters. The Hall–Kier alpha value is -0.600. The molecular formula is C12H22N2O2. The van der Waals surface area contributed by atoms with Crippen LogP contribution in [0.25, 0.3) is 0 Å². The van der Waals surface area contributed by atoms with Gasteiger partial charge >= 0.3 is 0 Å². The van der Waals surface area contributed by atoms with Gasteiger partial charge in [-0.05, 0) is 13.3 Å². The van der Waals surface area contributed by atoms with Crippen LogP contribution in [0, 0.1) is 11.8 Å². The number of methoxy groups -OCH3 is 1. The normalized spacial score (nSPS) is 20.9. The maximum atomic E-state index is 5.69. The molecule has 1 aliphatic heterocycles. The third kappa shape index (κ3) is 3.19. The average Bonchev–Trinajstić information content (AvgIpc) is 2.35. The average molecular weight is 226 g/mol. The van der Waals surface area contributed by atoms with Crippen LogP contribution in [-0.4, -0.2) is 32.0 Å². The molecule has 0 radical (unpaired) electrons. The van der Waals surface area contributed by atoms with E-state index in [9.17, 15) is 0 Å². The summed E-state index contributed by atoms with van der Waals surface area (Å²) in [5.74, 6) is 11.6. The summed E-state index contributed by atoms with van der Waals surface area (Å²) in [6.07, 6.45) is 3.53. The molecule has 3 N–H and O–H groups in total. The molecule has 0 aromatic rings. The first-order valence-corrected chi connectivity index (χ1v) is 5.77. The maximum absolute atomic E-state index is 5.69. The first-order chi connectivity index (χ1) is 7.79. The highest BCUT2D eigenvalue weighted by atomic mass is 16.5. The second-order valence-electron chi connectivity index (χ2n) is 4.07. The minimum atomic E-state index is -0.192. The van der Waals surface area contributed by atoms with Crippen LogP contribution in [0.3, 0.4) is 0 Å². The molecule has 0 spiro atoms. The molecule has 0 aromatic carbocycles. The van der Waals surface area contributed by atoms with Crippen molar-refractivity contribution in [3.8, 4) is 11.8 Å². The molecule has 1 rings (SSSR count). The summed E-state index contributed by atoms with van der Waals surface area (Å²) >= 11 is 0. The zero-order valence-corrected chi connectivity index (χ0v) is 10.2. The Morgan fingerprint density at radius 1 is 1.50 bits per heavy atom. The zero-order valence-electron chi connectivity index (χ0n) is 10.2. The predicted octanol–water partition coefficient (Wildman–Crippen LogP) is 0.817. The van der Waals surface area contributed by atoms with Gasteiger partial charge in [0.2, 0.25) is 0 Å².